The van der Waals surface area contributed by atoms with Gasteiger partial charge < -0.3 is 15.0 Å². The van der Waals surface area contributed by atoms with Crippen LogP contribution in [0.25, 0.3) is 10.8 Å². The number of fused-ring (bicyclic) bond motifs is 1. The molecule has 1 aromatic heterocycles. The molecule has 9 heteroatoms. The van der Waals surface area contributed by atoms with Gasteiger partial charge >= 0.3 is 5.97 Å². The van der Waals surface area contributed by atoms with E-state index in [1.807, 2.05) is 19.9 Å². The van der Waals surface area contributed by atoms with E-state index < -0.39 is 18.5 Å². The summed E-state index contributed by atoms with van der Waals surface area (Å²) in [4.78, 5) is 51.6. The smallest absolute Gasteiger partial charge is 0.359 e. The average Bonchev–Trinajstić information content (AvgIpc) is 3.25. The number of nitrogens with one attached hydrogen (secondary N) is 1. The molecule has 9 nitrogen and oxygen atoms in total. The molecule has 2 heterocycles. The van der Waals surface area contributed by atoms with E-state index in [4.69, 9.17) is 4.74 Å². The van der Waals surface area contributed by atoms with Crippen molar-refractivity contribution in [2.24, 2.45) is 5.92 Å². The zero-order valence-corrected chi connectivity index (χ0v) is 19.1. The Hall–Kier alpha value is -4.01. The number of hydrogen-bond acceptors (Lipinski definition) is 6. The van der Waals surface area contributed by atoms with Crippen LogP contribution in [0.2, 0.25) is 0 Å². The number of rotatable bonds is 7. The number of hydrogen-bond donors (Lipinski definition) is 1. The molecule has 1 aliphatic rings. The maximum atomic E-state index is 12.8. The predicted molar refractivity (Wildman–Crippen MR) is 128 cm³/mol. The highest BCUT2D eigenvalue weighted by atomic mass is 16.5. The van der Waals surface area contributed by atoms with Crippen molar-refractivity contribution in [2.45, 2.75) is 33.2 Å². The van der Waals surface area contributed by atoms with E-state index in [-0.39, 0.29) is 23.1 Å². The molecule has 0 bridgehead atoms. The highest BCUT2D eigenvalue weighted by Gasteiger charge is 2.22. The Labute approximate surface area is 196 Å². The summed E-state index contributed by atoms with van der Waals surface area (Å²) in [7, 11) is 0. The van der Waals surface area contributed by atoms with E-state index in [0.717, 1.165) is 6.42 Å². The first-order valence-corrected chi connectivity index (χ1v) is 11.2. The van der Waals surface area contributed by atoms with Crippen LogP contribution in [0.15, 0.2) is 53.3 Å². The Kier molecular flexibility index (Phi) is 6.72. The van der Waals surface area contributed by atoms with Crippen molar-refractivity contribution in [1.29, 1.82) is 0 Å². The van der Waals surface area contributed by atoms with Gasteiger partial charge in [-0.05, 0) is 36.6 Å². The lowest BCUT2D eigenvalue weighted by Crippen LogP contribution is -2.29. The molecule has 1 saturated heterocycles. The summed E-state index contributed by atoms with van der Waals surface area (Å²) in [5, 5.41) is 7.65. The van der Waals surface area contributed by atoms with Gasteiger partial charge in [0.05, 0.1) is 5.39 Å². The summed E-state index contributed by atoms with van der Waals surface area (Å²) < 4.78 is 6.48. The molecule has 0 radical (unpaired) electrons. The molecule has 0 atom stereocenters. The largest absolute Gasteiger partial charge is 0.451 e. The Morgan fingerprint density at radius 1 is 1.09 bits per heavy atom. The summed E-state index contributed by atoms with van der Waals surface area (Å²) in [6.45, 7) is 4.36. The Bertz CT molecular complexity index is 1310. The second-order valence-electron chi connectivity index (χ2n) is 8.60. The molecular formula is C25H26N4O5. The average molecular weight is 463 g/mol. The number of anilines is 2. The van der Waals surface area contributed by atoms with Crippen LogP contribution in [0.3, 0.4) is 0 Å². The van der Waals surface area contributed by atoms with E-state index >= 15 is 0 Å². The van der Waals surface area contributed by atoms with Crippen molar-refractivity contribution in [3.63, 3.8) is 0 Å². The van der Waals surface area contributed by atoms with E-state index in [1.165, 1.54) is 4.68 Å². The molecule has 1 aliphatic heterocycles. The number of esters is 1. The Balaban J connectivity index is 1.47. The van der Waals surface area contributed by atoms with Crippen molar-refractivity contribution in [3.05, 3.63) is 64.6 Å². The van der Waals surface area contributed by atoms with Crippen LogP contribution < -0.4 is 15.8 Å². The van der Waals surface area contributed by atoms with Gasteiger partial charge in [-0.1, -0.05) is 38.1 Å². The molecule has 0 spiro atoms. The lowest BCUT2D eigenvalue weighted by molar-refractivity contribution is -0.119. The SMILES string of the molecule is CC(C)Cn1nc(C(=O)OCC(=O)Nc2cccc(N3CCCC3=O)c2)c2ccccc2c1=O. The fourth-order valence-electron chi connectivity index (χ4n) is 3.92. The van der Waals surface area contributed by atoms with Crippen LogP contribution >= 0.6 is 0 Å². The molecule has 4 rings (SSSR count). The summed E-state index contributed by atoms with van der Waals surface area (Å²) in [5.74, 6) is -1.12. The summed E-state index contributed by atoms with van der Waals surface area (Å²) in [6, 6.07) is 13.6. The van der Waals surface area contributed by atoms with Gasteiger partial charge in [-0.2, -0.15) is 5.10 Å². The van der Waals surface area contributed by atoms with Crippen LogP contribution in [0.5, 0.6) is 0 Å². The van der Waals surface area contributed by atoms with Crippen LogP contribution in [0.4, 0.5) is 11.4 Å². The quantitative estimate of drug-likeness (QED) is 0.541. The van der Waals surface area contributed by atoms with Gasteiger partial charge in [0.1, 0.15) is 0 Å². The van der Waals surface area contributed by atoms with Crippen molar-refractivity contribution in [3.8, 4) is 0 Å². The normalized spacial score (nSPS) is 13.5. The molecule has 0 unspecified atom stereocenters. The predicted octanol–water partition coefficient (Wildman–Crippen LogP) is 2.97. The molecule has 34 heavy (non-hydrogen) atoms. The molecule has 3 aromatic rings. The number of nitrogens with zero attached hydrogens (tertiary/aromatic N) is 3. The number of ether oxygens (including phenoxy) is 1. The second-order valence-corrected chi connectivity index (χ2v) is 8.60. The monoisotopic (exact) mass is 462 g/mol. The minimum atomic E-state index is -0.791. The molecule has 0 saturated carbocycles. The number of benzene rings is 2. The van der Waals surface area contributed by atoms with Crippen LogP contribution in [-0.2, 0) is 20.9 Å². The summed E-state index contributed by atoms with van der Waals surface area (Å²) in [5.41, 5.74) is 0.904. The third-order valence-electron chi connectivity index (χ3n) is 5.45. The molecule has 176 valence electrons. The molecule has 0 aliphatic carbocycles. The first-order valence-electron chi connectivity index (χ1n) is 11.2. The van der Waals surface area contributed by atoms with Crippen molar-refractivity contribution in [1.82, 2.24) is 9.78 Å². The molecule has 1 N–H and O–H groups in total. The fraction of sp³-hybridized carbons (Fsp3) is 0.320. The van der Waals surface area contributed by atoms with Gasteiger partial charge in [-0.25, -0.2) is 9.48 Å². The first-order chi connectivity index (χ1) is 16.3. The highest BCUT2D eigenvalue weighted by molar-refractivity contribution is 6.03. The van der Waals surface area contributed by atoms with Gasteiger partial charge in [0.15, 0.2) is 12.3 Å². The van der Waals surface area contributed by atoms with E-state index in [0.29, 0.717) is 41.7 Å². The van der Waals surface area contributed by atoms with Crippen molar-refractivity contribution >= 4 is 39.9 Å². The number of carbonyl (C=O) groups excluding carboxylic acids is 3. The first kappa shape index (κ1) is 23.2. The van der Waals surface area contributed by atoms with Gasteiger partial charge in [0, 0.05) is 36.3 Å². The maximum Gasteiger partial charge on any atom is 0.359 e. The third kappa shape index (κ3) is 4.98. The summed E-state index contributed by atoms with van der Waals surface area (Å²) >= 11 is 0. The van der Waals surface area contributed by atoms with E-state index in [1.54, 1.807) is 47.4 Å². The third-order valence-corrected chi connectivity index (χ3v) is 5.45. The minimum absolute atomic E-state index is 0.0156. The van der Waals surface area contributed by atoms with Crippen LogP contribution in [-0.4, -0.2) is 40.7 Å². The van der Waals surface area contributed by atoms with E-state index in [2.05, 4.69) is 10.4 Å². The molecule has 2 amide bonds. The maximum absolute atomic E-state index is 12.8. The lowest BCUT2D eigenvalue weighted by Gasteiger charge is -2.16. The Morgan fingerprint density at radius 3 is 2.56 bits per heavy atom. The fourth-order valence-corrected chi connectivity index (χ4v) is 3.92. The second kappa shape index (κ2) is 9.86. The molecule has 1 fully saturated rings. The molecule has 2 aromatic carbocycles. The van der Waals surface area contributed by atoms with Crippen molar-refractivity contribution in [2.75, 3.05) is 23.4 Å². The lowest BCUT2D eigenvalue weighted by atomic mass is 10.1. The van der Waals surface area contributed by atoms with Crippen molar-refractivity contribution < 1.29 is 19.1 Å². The van der Waals surface area contributed by atoms with Crippen LogP contribution in [0.1, 0.15) is 37.2 Å². The van der Waals surface area contributed by atoms with Gasteiger partial charge in [-0.3, -0.25) is 14.4 Å². The van der Waals surface area contributed by atoms with Gasteiger partial charge in [-0.15, -0.1) is 0 Å². The number of aromatic nitrogens is 2. The topological polar surface area (TPSA) is 111 Å². The molecular weight excluding hydrogens is 436 g/mol. The minimum Gasteiger partial charge on any atom is -0.451 e. The van der Waals surface area contributed by atoms with Gasteiger partial charge in [0.2, 0.25) is 5.91 Å². The zero-order valence-electron chi connectivity index (χ0n) is 19.1. The van der Waals surface area contributed by atoms with Gasteiger partial charge in [0.25, 0.3) is 11.5 Å². The van der Waals surface area contributed by atoms with E-state index in [9.17, 15) is 19.2 Å². The summed E-state index contributed by atoms with van der Waals surface area (Å²) in [6.07, 6.45) is 1.32. The number of amides is 2. The number of carbonyl (C=O) groups is 3. The Morgan fingerprint density at radius 2 is 1.85 bits per heavy atom. The standard InChI is InChI=1S/C25H26N4O5/c1-16(2)14-29-24(32)20-10-4-3-9-19(20)23(27-29)25(33)34-15-21(30)26-17-7-5-8-18(13-17)28-12-6-11-22(28)31/h3-5,7-10,13,16H,6,11-12,14-15H2,1-2H3,(H,26,30). The van der Waals surface area contributed by atoms with Crippen LogP contribution in [0, 0.1) is 5.92 Å². The zero-order chi connectivity index (χ0) is 24.2. The highest BCUT2D eigenvalue weighted by Crippen LogP contribution is 2.24.